The van der Waals surface area contributed by atoms with Crippen LogP contribution in [0.5, 0.6) is 11.5 Å². The normalized spacial score (nSPS) is 16.4. The van der Waals surface area contributed by atoms with Crippen LogP contribution < -0.4 is 9.47 Å². The molecule has 0 saturated heterocycles. The van der Waals surface area contributed by atoms with Crippen LogP contribution in [0.4, 0.5) is 17.6 Å². The first-order valence-corrected chi connectivity index (χ1v) is 12.9. The number of alkyl halides is 4. The van der Waals surface area contributed by atoms with Crippen LogP contribution in [0.25, 0.3) is 33.9 Å². The third kappa shape index (κ3) is 3.65. The second-order valence-electron chi connectivity index (χ2n) is 8.08. The van der Waals surface area contributed by atoms with E-state index in [2.05, 4.69) is 35.4 Å². The van der Waals surface area contributed by atoms with Crippen LogP contribution in [0.15, 0.2) is 45.9 Å². The minimum atomic E-state index is -4.88. The molecule has 36 heavy (non-hydrogen) atoms. The third-order valence-electron chi connectivity index (χ3n) is 5.77. The highest BCUT2D eigenvalue weighted by molar-refractivity contribution is 9.10. The Balaban J connectivity index is 1.75. The summed E-state index contributed by atoms with van der Waals surface area (Å²) in [6.45, 7) is 1.49. The Hall–Kier alpha value is -3.13. The average Bonchev–Trinajstić information content (AvgIpc) is 3.30. The predicted octanol–water partition coefficient (Wildman–Crippen LogP) is 5.15. The molecule has 0 spiro atoms. The summed E-state index contributed by atoms with van der Waals surface area (Å²) in [5.41, 5.74) is 0.947. The molecule has 0 amide bonds. The Labute approximate surface area is 210 Å². The first-order chi connectivity index (χ1) is 16.8. The largest absolute Gasteiger partial charge is 0.507 e. The minimum Gasteiger partial charge on any atom is -0.421 e. The molecule has 2 aromatic carbocycles. The van der Waals surface area contributed by atoms with E-state index in [1.54, 1.807) is 25.2 Å². The maximum absolute atomic E-state index is 13.7. The number of aryl methyl sites for hydroxylation is 1. The number of nitrogens with zero attached hydrogens (tertiary/aromatic N) is 4. The smallest absolute Gasteiger partial charge is 0.421 e. The fraction of sp³-hybridized carbons (Fsp3) is 0.273. The number of aromatic nitrogens is 4. The minimum absolute atomic E-state index is 0.0171. The number of rotatable bonds is 4. The van der Waals surface area contributed by atoms with E-state index in [0.29, 0.717) is 11.4 Å². The van der Waals surface area contributed by atoms with Crippen molar-refractivity contribution in [3.05, 3.63) is 40.9 Å². The zero-order valence-corrected chi connectivity index (χ0v) is 21.3. The van der Waals surface area contributed by atoms with Gasteiger partial charge < -0.3 is 18.6 Å². The highest BCUT2D eigenvalue weighted by Crippen LogP contribution is 2.48. The van der Waals surface area contributed by atoms with Crippen LogP contribution in [0.1, 0.15) is 6.92 Å². The van der Waals surface area contributed by atoms with Gasteiger partial charge in [0.05, 0.1) is 16.8 Å². The first-order valence-electron chi connectivity index (χ1n) is 10.5. The summed E-state index contributed by atoms with van der Waals surface area (Å²) in [5.74, 6) is -1.03. The molecule has 4 aromatic rings. The standard InChI is InChI=1S/C22H17BrF4N4O4S/c1-4-36(32,33)20-17(29-18(31(20)3)11-6-5-7-12(23)8-11)19-28-13-9-15-16(10-14(13)30(19)2)35-22(26,27)21(24,25)34-15/h5-10H,4H2,1-3H3. The summed E-state index contributed by atoms with van der Waals surface area (Å²) in [5, 5.41) is -0.103. The van der Waals surface area contributed by atoms with Gasteiger partial charge in [0.1, 0.15) is 11.5 Å². The third-order valence-corrected chi connectivity index (χ3v) is 8.08. The summed E-state index contributed by atoms with van der Waals surface area (Å²) in [4.78, 5) is 8.98. The van der Waals surface area contributed by atoms with Crippen molar-refractivity contribution in [2.75, 3.05) is 5.75 Å². The zero-order valence-electron chi connectivity index (χ0n) is 18.9. The number of hydrogen-bond acceptors (Lipinski definition) is 6. The van der Waals surface area contributed by atoms with E-state index in [9.17, 15) is 26.0 Å². The van der Waals surface area contributed by atoms with E-state index >= 15 is 0 Å². The lowest BCUT2D eigenvalue weighted by Crippen LogP contribution is -2.52. The second-order valence-corrected chi connectivity index (χ2v) is 11.2. The van der Waals surface area contributed by atoms with E-state index in [4.69, 9.17) is 0 Å². The maximum Gasteiger partial charge on any atom is 0.507 e. The van der Waals surface area contributed by atoms with Crippen LogP contribution in [-0.4, -0.2) is 45.5 Å². The summed E-state index contributed by atoms with van der Waals surface area (Å²) in [6, 6.07) is 9.22. The van der Waals surface area contributed by atoms with Crippen LogP contribution in [0.3, 0.4) is 0 Å². The van der Waals surface area contributed by atoms with Crippen molar-refractivity contribution in [2.24, 2.45) is 14.1 Å². The van der Waals surface area contributed by atoms with E-state index in [0.717, 1.165) is 16.6 Å². The number of imidazole rings is 2. The van der Waals surface area contributed by atoms with Gasteiger partial charge in [0, 0.05) is 36.3 Å². The van der Waals surface area contributed by atoms with Crippen LogP contribution in [0.2, 0.25) is 0 Å². The Kier molecular flexibility index (Phi) is 5.41. The fourth-order valence-electron chi connectivity index (χ4n) is 3.97. The molecular weight excluding hydrogens is 572 g/mol. The molecule has 14 heteroatoms. The quantitative estimate of drug-likeness (QED) is 0.306. The highest BCUT2D eigenvalue weighted by atomic mass is 79.9. The number of sulfone groups is 1. The number of hydrogen-bond donors (Lipinski definition) is 0. The van der Waals surface area contributed by atoms with Gasteiger partial charge in [0.25, 0.3) is 0 Å². The molecule has 0 aliphatic carbocycles. The lowest BCUT2D eigenvalue weighted by molar-refractivity contribution is -0.391. The van der Waals surface area contributed by atoms with Gasteiger partial charge >= 0.3 is 12.2 Å². The molecule has 0 radical (unpaired) electrons. The molecule has 0 N–H and O–H groups in total. The number of halogens is 5. The van der Waals surface area contributed by atoms with Gasteiger partial charge in [0.2, 0.25) is 0 Å². The average molecular weight is 589 g/mol. The van der Waals surface area contributed by atoms with Crippen molar-refractivity contribution in [1.82, 2.24) is 19.1 Å². The monoisotopic (exact) mass is 588 g/mol. The molecule has 0 saturated carbocycles. The van der Waals surface area contributed by atoms with Gasteiger partial charge in [-0.05, 0) is 12.1 Å². The van der Waals surface area contributed by atoms with Crippen molar-refractivity contribution < 1.29 is 35.5 Å². The van der Waals surface area contributed by atoms with Gasteiger partial charge in [-0.15, -0.1) is 0 Å². The molecule has 0 atom stereocenters. The fourth-order valence-corrected chi connectivity index (χ4v) is 5.58. The van der Waals surface area contributed by atoms with Gasteiger partial charge in [0.15, 0.2) is 32.2 Å². The van der Waals surface area contributed by atoms with Crippen LogP contribution in [-0.2, 0) is 23.9 Å². The molecule has 2 aromatic heterocycles. The SMILES string of the molecule is CCS(=O)(=O)c1c(-c2nc3cc4c(cc3n2C)OC(F)(F)C(F)(F)O4)nc(-c2cccc(Br)c2)n1C. The van der Waals surface area contributed by atoms with Gasteiger partial charge in [-0.3, -0.25) is 0 Å². The molecule has 3 heterocycles. The van der Waals surface area contributed by atoms with E-state index in [-0.39, 0.29) is 33.3 Å². The summed E-state index contributed by atoms with van der Waals surface area (Å²) in [7, 11) is -0.743. The van der Waals surface area contributed by atoms with Gasteiger partial charge in [-0.1, -0.05) is 35.0 Å². The maximum atomic E-state index is 13.7. The lowest BCUT2D eigenvalue weighted by atomic mass is 10.2. The van der Waals surface area contributed by atoms with Crippen LogP contribution in [0, 0.1) is 0 Å². The number of fused-ring (bicyclic) bond motifs is 2. The van der Waals surface area contributed by atoms with E-state index < -0.39 is 33.6 Å². The molecule has 0 bridgehead atoms. The summed E-state index contributed by atoms with van der Waals surface area (Å²) in [6.07, 6.45) is -9.76. The van der Waals surface area contributed by atoms with Gasteiger partial charge in [-0.25, -0.2) is 18.4 Å². The van der Waals surface area contributed by atoms with E-state index in [1.807, 2.05) is 6.07 Å². The number of ether oxygens (including phenoxy) is 2. The zero-order chi connectivity index (χ0) is 26.2. The Bertz CT molecular complexity index is 1650. The Morgan fingerprint density at radius 1 is 0.944 bits per heavy atom. The predicted molar refractivity (Wildman–Crippen MR) is 125 cm³/mol. The molecule has 190 valence electrons. The molecule has 1 aliphatic rings. The van der Waals surface area contributed by atoms with Crippen molar-refractivity contribution in [3.63, 3.8) is 0 Å². The van der Waals surface area contributed by atoms with Crippen molar-refractivity contribution in [2.45, 2.75) is 24.2 Å². The van der Waals surface area contributed by atoms with E-state index in [1.165, 1.54) is 23.1 Å². The molecular formula is C22H17BrF4N4O4S. The molecule has 0 fully saturated rings. The van der Waals surface area contributed by atoms with Gasteiger partial charge in [-0.2, -0.15) is 17.6 Å². The Morgan fingerprint density at radius 3 is 2.19 bits per heavy atom. The summed E-state index contributed by atoms with van der Waals surface area (Å²) < 4.78 is 92.9. The number of benzene rings is 2. The Morgan fingerprint density at radius 2 is 1.58 bits per heavy atom. The molecule has 0 unspecified atom stereocenters. The van der Waals surface area contributed by atoms with Crippen molar-refractivity contribution in [3.8, 4) is 34.4 Å². The molecule has 1 aliphatic heterocycles. The summed E-state index contributed by atoms with van der Waals surface area (Å²) >= 11 is 3.39. The molecule has 5 rings (SSSR count). The second kappa shape index (κ2) is 7.93. The van der Waals surface area contributed by atoms with Crippen molar-refractivity contribution >= 4 is 36.8 Å². The molecule has 8 nitrogen and oxygen atoms in total. The first kappa shape index (κ1) is 24.6. The lowest BCUT2D eigenvalue weighted by Gasteiger charge is -2.31. The van der Waals surface area contributed by atoms with Crippen LogP contribution >= 0.6 is 15.9 Å². The van der Waals surface area contributed by atoms with Crippen molar-refractivity contribution in [1.29, 1.82) is 0 Å². The highest BCUT2D eigenvalue weighted by Gasteiger charge is 2.66. The topological polar surface area (TPSA) is 88.2 Å².